The summed E-state index contributed by atoms with van der Waals surface area (Å²) in [4.78, 5) is 24.0. The summed E-state index contributed by atoms with van der Waals surface area (Å²) >= 11 is 10.5. The van der Waals surface area contributed by atoms with Crippen LogP contribution in [0.25, 0.3) is 0 Å². The number of carbonyl (C=O) groups excluding carboxylic acids is 1. The van der Waals surface area contributed by atoms with E-state index in [0.717, 1.165) is 0 Å². The zero-order chi connectivity index (χ0) is 14.7. The Balaban J connectivity index is 2.25. The summed E-state index contributed by atoms with van der Waals surface area (Å²) in [7, 11) is 0. The molecule has 0 radical (unpaired) electrons. The number of carboxylic acids is 1. The molecule has 0 fully saturated rings. The predicted molar refractivity (Wildman–Crippen MR) is 81.3 cm³/mol. The van der Waals surface area contributed by atoms with Crippen molar-refractivity contribution in [3.8, 4) is 0 Å². The lowest BCUT2D eigenvalue weighted by Gasteiger charge is -2.13. The van der Waals surface area contributed by atoms with E-state index < -0.39 is 17.9 Å². The average molecular weight is 375 g/mol. The second kappa shape index (κ2) is 6.39. The standard InChI is InChI=1S/C13H9BrClNO3S/c14-7-3-4-9(15)8(6-7)12(17)16-11(13(18)19)10-2-1-5-20-10/h1-6,11H,(H,16,17)(H,18,19). The maximum absolute atomic E-state index is 12.2. The van der Waals surface area contributed by atoms with Crippen LogP contribution >= 0.6 is 38.9 Å². The number of halogens is 2. The molecule has 0 saturated carbocycles. The molecule has 0 bridgehead atoms. The maximum atomic E-state index is 12.2. The summed E-state index contributed by atoms with van der Waals surface area (Å²) in [6.07, 6.45) is 0. The molecule has 2 N–H and O–H groups in total. The van der Waals surface area contributed by atoms with Gasteiger partial charge in [0, 0.05) is 9.35 Å². The predicted octanol–water partition coefficient (Wildman–Crippen LogP) is 3.72. The van der Waals surface area contributed by atoms with Gasteiger partial charge >= 0.3 is 5.97 Å². The smallest absolute Gasteiger partial charge is 0.331 e. The van der Waals surface area contributed by atoms with Crippen molar-refractivity contribution < 1.29 is 14.7 Å². The van der Waals surface area contributed by atoms with Gasteiger partial charge in [-0.3, -0.25) is 4.79 Å². The summed E-state index contributed by atoms with van der Waals surface area (Å²) in [5, 5.41) is 13.7. The minimum atomic E-state index is -1.12. The summed E-state index contributed by atoms with van der Waals surface area (Å²) in [6, 6.07) is 7.12. The van der Waals surface area contributed by atoms with Crippen LogP contribution in [0.3, 0.4) is 0 Å². The van der Waals surface area contributed by atoms with Crippen molar-refractivity contribution in [3.05, 3.63) is 55.6 Å². The molecule has 1 heterocycles. The van der Waals surface area contributed by atoms with Crippen LogP contribution in [-0.2, 0) is 4.79 Å². The van der Waals surface area contributed by atoms with Crippen LogP contribution in [0.2, 0.25) is 5.02 Å². The van der Waals surface area contributed by atoms with E-state index in [2.05, 4.69) is 21.2 Å². The van der Waals surface area contributed by atoms with Gasteiger partial charge in [0.1, 0.15) is 0 Å². The highest BCUT2D eigenvalue weighted by molar-refractivity contribution is 9.10. The first-order valence-corrected chi connectivity index (χ1v) is 7.56. The highest BCUT2D eigenvalue weighted by Gasteiger charge is 2.24. The summed E-state index contributed by atoms with van der Waals surface area (Å²) in [5.74, 6) is -1.65. The maximum Gasteiger partial charge on any atom is 0.331 e. The van der Waals surface area contributed by atoms with E-state index in [1.165, 1.54) is 11.3 Å². The molecule has 2 rings (SSSR count). The highest BCUT2D eigenvalue weighted by Crippen LogP contribution is 2.23. The Morgan fingerprint density at radius 1 is 1.35 bits per heavy atom. The lowest BCUT2D eigenvalue weighted by Crippen LogP contribution is -2.33. The van der Waals surface area contributed by atoms with Crippen LogP contribution in [0.5, 0.6) is 0 Å². The Morgan fingerprint density at radius 2 is 2.10 bits per heavy atom. The van der Waals surface area contributed by atoms with Crippen LogP contribution in [0.4, 0.5) is 0 Å². The van der Waals surface area contributed by atoms with Gasteiger partial charge in [0.2, 0.25) is 0 Å². The normalized spacial score (nSPS) is 11.9. The van der Waals surface area contributed by atoms with Crippen molar-refractivity contribution in [3.63, 3.8) is 0 Å². The Labute approximate surface area is 132 Å². The first kappa shape index (κ1) is 15.0. The molecule has 1 atom stereocenters. The summed E-state index contributed by atoms with van der Waals surface area (Å²) in [5.41, 5.74) is 0.226. The molecule has 0 aliphatic carbocycles. The van der Waals surface area contributed by atoms with Crippen molar-refractivity contribution in [2.45, 2.75) is 6.04 Å². The van der Waals surface area contributed by atoms with Crippen molar-refractivity contribution in [2.75, 3.05) is 0 Å². The molecule has 1 unspecified atom stereocenters. The molecular weight excluding hydrogens is 366 g/mol. The molecule has 0 spiro atoms. The zero-order valence-electron chi connectivity index (χ0n) is 9.97. The Bertz CT molecular complexity index is 645. The van der Waals surface area contributed by atoms with E-state index in [0.29, 0.717) is 9.35 Å². The third-order valence-corrected chi connectivity index (χ3v) is 4.28. The fourth-order valence-electron chi connectivity index (χ4n) is 1.59. The van der Waals surface area contributed by atoms with Gasteiger partial charge in [-0.15, -0.1) is 11.3 Å². The number of carbonyl (C=O) groups is 2. The molecule has 1 amide bonds. The van der Waals surface area contributed by atoms with Gasteiger partial charge < -0.3 is 10.4 Å². The topological polar surface area (TPSA) is 66.4 Å². The molecule has 7 heteroatoms. The fourth-order valence-corrected chi connectivity index (χ4v) is 2.92. The minimum Gasteiger partial charge on any atom is -0.479 e. The number of thiophene rings is 1. The van der Waals surface area contributed by atoms with Crippen molar-refractivity contribution in [1.82, 2.24) is 5.32 Å². The molecule has 20 heavy (non-hydrogen) atoms. The third-order valence-electron chi connectivity index (χ3n) is 2.52. The Hall–Kier alpha value is -1.37. The SMILES string of the molecule is O=C(NC(C(=O)O)c1cccs1)c1cc(Br)ccc1Cl. The molecule has 0 aliphatic rings. The van der Waals surface area contributed by atoms with Crippen molar-refractivity contribution in [2.24, 2.45) is 0 Å². The fraction of sp³-hybridized carbons (Fsp3) is 0.0769. The molecular formula is C13H9BrClNO3S. The highest BCUT2D eigenvalue weighted by atomic mass is 79.9. The van der Waals surface area contributed by atoms with Gasteiger partial charge in [-0.05, 0) is 29.6 Å². The summed E-state index contributed by atoms with van der Waals surface area (Å²) < 4.78 is 0.690. The van der Waals surface area contributed by atoms with Gasteiger partial charge in [-0.2, -0.15) is 0 Å². The number of amides is 1. The monoisotopic (exact) mass is 373 g/mol. The van der Waals surface area contributed by atoms with Gasteiger partial charge in [0.15, 0.2) is 6.04 Å². The number of carboxylic acid groups (broad SMARTS) is 1. The second-order valence-electron chi connectivity index (χ2n) is 3.88. The van der Waals surface area contributed by atoms with Gasteiger partial charge in [-0.25, -0.2) is 4.79 Å². The Morgan fingerprint density at radius 3 is 2.70 bits per heavy atom. The van der Waals surface area contributed by atoms with E-state index in [1.807, 2.05) is 0 Å². The third kappa shape index (κ3) is 3.39. The zero-order valence-corrected chi connectivity index (χ0v) is 13.1. The van der Waals surface area contributed by atoms with E-state index in [4.69, 9.17) is 11.6 Å². The number of benzene rings is 1. The van der Waals surface area contributed by atoms with Crippen LogP contribution in [0, 0.1) is 0 Å². The van der Waals surface area contributed by atoms with E-state index in [9.17, 15) is 14.7 Å². The van der Waals surface area contributed by atoms with Gasteiger partial charge in [0.25, 0.3) is 5.91 Å². The van der Waals surface area contributed by atoms with Crippen LogP contribution < -0.4 is 5.32 Å². The molecule has 104 valence electrons. The average Bonchev–Trinajstić information content (AvgIpc) is 2.91. The van der Waals surface area contributed by atoms with Gasteiger partial charge in [-0.1, -0.05) is 33.6 Å². The molecule has 0 aliphatic heterocycles. The first-order valence-electron chi connectivity index (χ1n) is 5.51. The number of nitrogens with one attached hydrogen (secondary N) is 1. The largest absolute Gasteiger partial charge is 0.479 e. The van der Waals surface area contributed by atoms with E-state index in [1.54, 1.807) is 35.7 Å². The van der Waals surface area contributed by atoms with E-state index >= 15 is 0 Å². The number of aliphatic carboxylic acids is 1. The van der Waals surface area contributed by atoms with Crippen LogP contribution in [-0.4, -0.2) is 17.0 Å². The molecule has 0 saturated heterocycles. The van der Waals surface area contributed by atoms with Crippen LogP contribution in [0.15, 0.2) is 40.2 Å². The second-order valence-corrected chi connectivity index (χ2v) is 6.19. The number of hydrogen-bond acceptors (Lipinski definition) is 3. The van der Waals surface area contributed by atoms with Crippen molar-refractivity contribution in [1.29, 1.82) is 0 Å². The first-order chi connectivity index (χ1) is 9.49. The molecule has 1 aromatic heterocycles. The lowest BCUT2D eigenvalue weighted by molar-refractivity contribution is -0.139. The van der Waals surface area contributed by atoms with E-state index in [-0.39, 0.29) is 10.6 Å². The summed E-state index contributed by atoms with van der Waals surface area (Å²) in [6.45, 7) is 0. The minimum absolute atomic E-state index is 0.226. The quantitative estimate of drug-likeness (QED) is 0.857. The Kier molecular flexibility index (Phi) is 4.80. The number of rotatable bonds is 4. The molecule has 2 aromatic rings. The molecule has 1 aromatic carbocycles. The molecule has 4 nitrogen and oxygen atoms in total. The van der Waals surface area contributed by atoms with Crippen LogP contribution in [0.1, 0.15) is 21.3 Å². The number of hydrogen-bond donors (Lipinski definition) is 2. The lowest BCUT2D eigenvalue weighted by atomic mass is 10.2. The van der Waals surface area contributed by atoms with Gasteiger partial charge in [0.05, 0.1) is 10.6 Å². The van der Waals surface area contributed by atoms with Crippen molar-refractivity contribution >= 4 is 50.7 Å².